The first kappa shape index (κ1) is 86.3. The van der Waals surface area contributed by atoms with Crippen LogP contribution in [0.25, 0.3) is 0 Å². The largest absolute Gasteiger partial charge is 0.497 e. The van der Waals surface area contributed by atoms with Crippen LogP contribution in [-0.2, 0) is 84.0 Å². The maximum absolute atomic E-state index is 7.53. The fourth-order valence-electron chi connectivity index (χ4n) is 14.7. The molecule has 1 aliphatic rings. The van der Waals surface area contributed by atoms with E-state index >= 15 is 0 Å². The topological polar surface area (TPSA) is 123 Å². The Balaban J connectivity index is 1.04. The van der Waals surface area contributed by atoms with Crippen molar-refractivity contribution in [1.29, 1.82) is 0 Å². The van der Waals surface area contributed by atoms with Crippen molar-refractivity contribution in [2.45, 2.75) is 334 Å². The fraction of sp³-hybridized carbons (Fsp3) is 0.596. The lowest BCUT2D eigenvalue weighted by molar-refractivity contribution is -0.331. The first-order chi connectivity index (χ1) is 53.0. The summed E-state index contributed by atoms with van der Waals surface area (Å²) in [6.07, 6.45) is 43.7. The number of aryl methyl sites for hydroxylation is 1. The summed E-state index contributed by atoms with van der Waals surface area (Å²) in [5.74, 6) is 1.58. The van der Waals surface area contributed by atoms with Crippen molar-refractivity contribution in [1.82, 2.24) is 15.0 Å². The Bertz CT molecular complexity index is 3220. The van der Waals surface area contributed by atoms with E-state index in [1.54, 1.807) is 14.2 Å². The molecule has 0 aliphatic carbocycles. The number of benzene rings is 6. The van der Waals surface area contributed by atoms with Gasteiger partial charge >= 0.3 is 0 Å². The van der Waals surface area contributed by atoms with Crippen LogP contribution in [0.2, 0.25) is 0 Å². The summed E-state index contributed by atoms with van der Waals surface area (Å²) in [4.78, 5) is 0. The molecule has 0 spiro atoms. The predicted molar refractivity (Wildman–Crippen MR) is 435 cm³/mol. The highest BCUT2D eigenvalue weighted by Crippen LogP contribution is 2.35. The summed E-state index contributed by atoms with van der Waals surface area (Å²) in [5, 5.41) is 10.1. The highest BCUT2D eigenvalue weighted by molar-refractivity contribution is 5.28. The number of nitrogens with zero attached hydrogens (tertiary/aromatic N) is 3. The molecule has 588 valence electrons. The zero-order chi connectivity index (χ0) is 74.5. The van der Waals surface area contributed by atoms with Gasteiger partial charge in [0.1, 0.15) is 48.1 Å². The second-order valence-corrected chi connectivity index (χ2v) is 30.1. The molecule has 0 bridgehead atoms. The molecule has 0 saturated carbocycles. The molecule has 0 radical (unpaired) electrons. The van der Waals surface area contributed by atoms with Gasteiger partial charge in [-0.05, 0) is 76.9 Å². The van der Waals surface area contributed by atoms with E-state index in [0.717, 1.165) is 89.1 Å². The first-order valence-electron chi connectivity index (χ1n) is 42.2. The average Bonchev–Trinajstić information content (AvgIpc) is 0.971. The summed E-state index contributed by atoms with van der Waals surface area (Å²) < 4.78 is 71.3. The second-order valence-electron chi connectivity index (χ2n) is 30.1. The maximum Gasteiger partial charge on any atom is 0.187 e. The van der Waals surface area contributed by atoms with Crippen molar-refractivity contribution < 1.29 is 47.4 Å². The van der Waals surface area contributed by atoms with Crippen molar-refractivity contribution >= 4 is 0 Å². The van der Waals surface area contributed by atoms with Crippen molar-refractivity contribution in [2.75, 3.05) is 27.4 Å². The summed E-state index contributed by atoms with van der Waals surface area (Å²) in [6.45, 7) is 6.78. The monoisotopic (exact) mass is 1470 g/mol. The highest BCUT2D eigenvalue weighted by atomic mass is 16.7. The van der Waals surface area contributed by atoms with Crippen LogP contribution in [0.15, 0.2) is 176 Å². The van der Waals surface area contributed by atoms with E-state index in [1.165, 1.54) is 193 Å². The molecule has 0 amide bonds. The minimum Gasteiger partial charge on any atom is -0.497 e. The highest BCUT2D eigenvalue weighted by Gasteiger charge is 2.50. The molecule has 0 N–H and O–H groups in total. The molecule has 13 heteroatoms. The van der Waals surface area contributed by atoms with Gasteiger partial charge in [0.25, 0.3) is 0 Å². The van der Waals surface area contributed by atoms with Gasteiger partial charge in [0.05, 0.1) is 78.9 Å². The lowest BCUT2D eigenvalue weighted by Gasteiger charge is -2.46. The van der Waals surface area contributed by atoms with Gasteiger partial charge < -0.3 is 47.4 Å². The number of methoxy groups -OCH3 is 2. The molecule has 13 nitrogen and oxygen atoms in total. The Morgan fingerprint density at radius 3 is 1.15 bits per heavy atom. The van der Waals surface area contributed by atoms with Gasteiger partial charge in [-0.25, -0.2) is 4.68 Å². The Labute approximate surface area is 646 Å². The molecule has 2 heterocycles. The second kappa shape index (κ2) is 55.2. The minimum atomic E-state index is -0.992. The third kappa shape index (κ3) is 35.1. The zero-order valence-corrected chi connectivity index (χ0v) is 66.4. The van der Waals surface area contributed by atoms with Crippen LogP contribution >= 0.6 is 0 Å². The lowest BCUT2D eigenvalue weighted by Crippen LogP contribution is -2.62. The van der Waals surface area contributed by atoms with E-state index in [-0.39, 0.29) is 19.8 Å². The number of rotatable bonds is 63. The van der Waals surface area contributed by atoms with Crippen LogP contribution in [0.1, 0.15) is 284 Å². The molecule has 0 unspecified atom stereocenters. The van der Waals surface area contributed by atoms with Crippen LogP contribution < -0.4 is 9.47 Å². The van der Waals surface area contributed by atoms with E-state index in [9.17, 15) is 0 Å². The minimum absolute atomic E-state index is 0.0880. The lowest BCUT2D eigenvalue weighted by atomic mass is 9.97. The Morgan fingerprint density at radius 1 is 0.364 bits per heavy atom. The molecule has 1 saturated heterocycles. The summed E-state index contributed by atoms with van der Waals surface area (Å²) in [7, 11) is 3.40. The number of aromatic nitrogens is 3. The molecule has 1 aliphatic heterocycles. The van der Waals surface area contributed by atoms with Crippen molar-refractivity contribution in [2.24, 2.45) is 0 Å². The molecule has 7 aromatic rings. The quantitative estimate of drug-likeness (QED) is 0.0337. The average molecular weight is 1470 g/mol. The van der Waals surface area contributed by atoms with Gasteiger partial charge in [-0.3, -0.25) is 0 Å². The molecule has 8 atom stereocenters. The van der Waals surface area contributed by atoms with Crippen molar-refractivity contribution in [3.05, 3.63) is 215 Å². The number of hydrogen-bond donors (Lipinski definition) is 0. The number of hydrogen-bond acceptors (Lipinski definition) is 12. The molecule has 107 heavy (non-hydrogen) atoms. The van der Waals surface area contributed by atoms with E-state index in [2.05, 4.69) is 92.8 Å². The van der Waals surface area contributed by atoms with Gasteiger partial charge in [-0.1, -0.05) is 377 Å². The number of unbranched alkanes of at least 4 members (excludes halogenated alkanes) is 32. The van der Waals surface area contributed by atoms with Crippen LogP contribution in [0, 0.1) is 0 Å². The Kier molecular flexibility index (Phi) is 44.5. The standard InChI is InChI=1S/C94H137N3O10/c1-5-7-9-11-13-15-17-19-20-21-22-23-24-25-26-27-28-29-31-33-35-49-59-84-69-97(96-95-84)87(90(102-75-83-63-67-86(99-4)68-64-83)88(101-71-82-61-65-85(98-3)66-62-82)60-50-36-34-32-30-18-16-14-12-10-8-6-2)76-106-94-93(105-74-81-57-47-40-48-58-81)92(104-73-80-55-45-39-46-56-80)91(103-72-79-53-43-38-44-54-79)89(107-94)77-100-70-78-51-41-37-42-52-78/h37-48,51-58,61-69,87-94H,5-36,49-50,59-60,70-77H2,1-4H3/t87-,88+,89+,90-,91-,92-,93+,94-/m0/s1. The van der Waals surface area contributed by atoms with Gasteiger partial charge in [0.2, 0.25) is 0 Å². The normalized spacial score (nSPS) is 16.8. The van der Waals surface area contributed by atoms with Crippen LogP contribution in [0.5, 0.6) is 11.5 Å². The molecule has 6 aromatic carbocycles. The van der Waals surface area contributed by atoms with Crippen LogP contribution in [-0.4, -0.2) is 85.3 Å². The third-order valence-corrected chi connectivity index (χ3v) is 21.3. The first-order valence-corrected chi connectivity index (χ1v) is 42.2. The molecule has 8 rings (SSSR count). The van der Waals surface area contributed by atoms with E-state index in [4.69, 9.17) is 57.7 Å². The van der Waals surface area contributed by atoms with Crippen LogP contribution in [0.3, 0.4) is 0 Å². The Morgan fingerprint density at radius 2 is 0.729 bits per heavy atom. The predicted octanol–water partition coefficient (Wildman–Crippen LogP) is 24.0. The van der Waals surface area contributed by atoms with Crippen molar-refractivity contribution in [3.63, 3.8) is 0 Å². The smallest absolute Gasteiger partial charge is 0.187 e. The molecular weight excluding hydrogens is 1330 g/mol. The van der Waals surface area contributed by atoms with E-state index < -0.39 is 49.0 Å². The molecule has 1 aromatic heterocycles. The van der Waals surface area contributed by atoms with Crippen LogP contribution in [0.4, 0.5) is 0 Å². The summed E-state index contributed by atoms with van der Waals surface area (Å²) in [5.41, 5.74) is 7.08. The van der Waals surface area contributed by atoms with E-state index in [0.29, 0.717) is 33.0 Å². The fourth-order valence-corrected chi connectivity index (χ4v) is 14.7. The number of ether oxygens (including phenoxy) is 10. The van der Waals surface area contributed by atoms with Gasteiger partial charge in [0.15, 0.2) is 6.29 Å². The van der Waals surface area contributed by atoms with Crippen molar-refractivity contribution in [3.8, 4) is 11.5 Å². The van der Waals surface area contributed by atoms with Gasteiger partial charge in [0, 0.05) is 6.20 Å². The third-order valence-electron chi connectivity index (χ3n) is 21.3. The van der Waals surface area contributed by atoms with Gasteiger partial charge in [-0.2, -0.15) is 0 Å². The zero-order valence-electron chi connectivity index (χ0n) is 66.4. The molecule has 1 fully saturated rings. The van der Waals surface area contributed by atoms with E-state index in [1.807, 2.05) is 102 Å². The summed E-state index contributed by atoms with van der Waals surface area (Å²) >= 11 is 0. The SMILES string of the molecule is CCCCCCCCCCCCCCCCCCCCCCCCc1cn([C@@H](CO[C@H]2O[C@H](COCc3ccccc3)[C@H](OCc3ccccc3)[C@H](OCc3ccccc3)[C@H]2OCc2ccccc2)[C@H](OCc2ccc(OC)cc2)[C@@H](CCCCCCCCCCCCCC)OCc2ccc(OC)cc2)nn1. The molecular formula is C94H137N3O10. The maximum atomic E-state index is 7.53. The summed E-state index contributed by atoms with van der Waals surface area (Å²) in [6, 6.07) is 56.8. The Hall–Kier alpha value is -6.26. The van der Waals surface area contributed by atoms with Gasteiger partial charge in [-0.15, -0.1) is 5.10 Å².